The molecule has 6 rings (SSSR count). The van der Waals surface area contributed by atoms with Crippen molar-refractivity contribution in [1.82, 2.24) is 23.7 Å². The van der Waals surface area contributed by atoms with Crippen LogP contribution in [0.5, 0.6) is 5.75 Å². The van der Waals surface area contributed by atoms with Crippen LogP contribution in [-0.4, -0.2) is 76.9 Å². The monoisotopic (exact) mass is 526 g/mol. The number of hydrogen-bond donors (Lipinski definition) is 2. The normalized spacial score (nSPS) is 21.6. The number of benzene rings is 1. The second kappa shape index (κ2) is 9.58. The molecular formula is C25H30N6O5S. The zero-order valence-corrected chi connectivity index (χ0v) is 21.2. The van der Waals surface area contributed by atoms with Gasteiger partial charge in [0.2, 0.25) is 10.0 Å². The number of rotatable bonds is 6. The van der Waals surface area contributed by atoms with Crippen molar-refractivity contribution < 1.29 is 17.9 Å². The van der Waals surface area contributed by atoms with Crippen molar-refractivity contribution in [2.24, 2.45) is 0 Å². The lowest BCUT2D eigenvalue weighted by Gasteiger charge is -2.34. The molecule has 0 aliphatic carbocycles. The maximum atomic E-state index is 13.5. The highest BCUT2D eigenvalue weighted by molar-refractivity contribution is 7.89. The average molecular weight is 527 g/mol. The maximum Gasteiger partial charge on any atom is 0.326 e. The first-order valence-corrected chi connectivity index (χ1v) is 14.2. The number of hydrogen-bond acceptors (Lipinski definition) is 7. The second-order valence-electron chi connectivity index (χ2n) is 9.96. The van der Waals surface area contributed by atoms with Crippen LogP contribution < -0.4 is 15.7 Å². The third kappa shape index (κ3) is 4.53. The Bertz CT molecular complexity index is 1490. The van der Waals surface area contributed by atoms with E-state index in [2.05, 4.69) is 20.2 Å². The molecule has 5 heterocycles. The van der Waals surface area contributed by atoms with Gasteiger partial charge < -0.3 is 19.9 Å². The quantitative estimate of drug-likeness (QED) is 0.502. The van der Waals surface area contributed by atoms with Crippen molar-refractivity contribution in [3.63, 3.8) is 0 Å². The molecule has 0 bridgehead atoms. The predicted octanol–water partition coefficient (Wildman–Crippen LogP) is 1.94. The Hall–Kier alpha value is -3.22. The number of imidazole rings is 1. The molecule has 0 saturated carbocycles. The average Bonchev–Trinajstić information content (AvgIpc) is 3.51. The summed E-state index contributed by atoms with van der Waals surface area (Å²) in [5.74, 6) is 0.183. The number of pyridine rings is 1. The predicted molar refractivity (Wildman–Crippen MR) is 137 cm³/mol. The van der Waals surface area contributed by atoms with Crippen LogP contribution in [0.3, 0.4) is 0 Å². The van der Waals surface area contributed by atoms with E-state index in [0.29, 0.717) is 18.0 Å². The molecule has 1 atom stereocenters. The van der Waals surface area contributed by atoms with E-state index in [4.69, 9.17) is 4.74 Å². The molecule has 0 spiro atoms. The zero-order chi connectivity index (χ0) is 25.6. The Labute approximate surface area is 214 Å². The minimum atomic E-state index is -3.69. The Morgan fingerprint density at radius 3 is 2.76 bits per heavy atom. The third-order valence-corrected chi connectivity index (χ3v) is 9.68. The highest BCUT2D eigenvalue weighted by Gasteiger charge is 2.36. The lowest BCUT2D eigenvalue weighted by molar-refractivity contribution is -0.118. The first-order valence-electron chi connectivity index (χ1n) is 12.8. The Kier molecular flexibility index (Phi) is 6.25. The van der Waals surface area contributed by atoms with E-state index in [1.807, 2.05) is 10.6 Å². The number of amides is 1. The highest BCUT2D eigenvalue weighted by atomic mass is 32.2. The first kappa shape index (κ1) is 24.1. The zero-order valence-electron chi connectivity index (χ0n) is 20.4. The van der Waals surface area contributed by atoms with Crippen LogP contribution in [0.15, 0.2) is 46.3 Å². The summed E-state index contributed by atoms with van der Waals surface area (Å²) in [6.07, 6.45) is 7.53. The van der Waals surface area contributed by atoms with Crippen molar-refractivity contribution in [3.8, 4) is 5.75 Å². The number of aromatic amines is 1. The number of aromatic nitrogens is 3. The third-order valence-electron chi connectivity index (χ3n) is 7.73. The van der Waals surface area contributed by atoms with Crippen LogP contribution >= 0.6 is 0 Å². The number of ether oxygens (including phenoxy) is 1. The van der Waals surface area contributed by atoms with Gasteiger partial charge >= 0.3 is 5.69 Å². The van der Waals surface area contributed by atoms with Crippen molar-refractivity contribution in [3.05, 3.63) is 47.1 Å². The molecule has 12 heteroatoms. The second-order valence-corrected chi connectivity index (χ2v) is 11.9. The van der Waals surface area contributed by atoms with Crippen LogP contribution in [0.1, 0.15) is 38.1 Å². The summed E-state index contributed by atoms with van der Waals surface area (Å²) in [6, 6.07) is 6.59. The molecule has 2 aromatic heterocycles. The summed E-state index contributed by atoms with van der Waals surface area (Å²) in [7, 11) is -3.69. The number of carbonyl (C=O) groups excluding carboxylic acids is 1. The van der Waals surface area contributed by atoms with Gasteiger partial charge in [0, 0.05) is 37.9 Å². The smallest absolute Gasteiger partial charge is 0.326 e. The number of nitrogens with zero attached hydrogens (tertiary/aromatic N) is 4. The molecule has 2 N–H and O–H groups in total. The number of fused-ring (bicyclic) bond motifs is 2. The van der Waals surface area contributed by atoms with Gasteiger partial charge in [-0.05, 0) is 62.9 Å². The van der Waals surface area contributed by atoms with E-state index in [1.54, 1.807) is 28.8 Å². The number of carbonyl (C=O) groups is 1. The van der Waals surface area contributed by atoms with Crippen molar-refractivity contribution in [1.29, 1.82) is 0 Å². The van der Waals surface area contributed by atoms with Gasteiger partial charge in [0.25, 0.3) is 5.91 Å². The Morgan fingerprint density at radius 2 is 1.92 bits per heavy atom. The Balaban J connectivity index is 1.09. The molecule has 3 aromatic rings. The van der Waals surface area contributed by atoms with Crippen molar-refractivity contribution in [2.45, 2.75) is 49.1 Å². The number of piperidine rings is 1. The van der Waals surface area contributed by atoms with Gasteiger partial charge in [-0.2, -0.15) is 4.31 Å². The van der Waals surface area contributed by atoms with Crippen LogP contribution in [0.25, 0.3) is 11.0 Å². The van der Waals surface area contributed by atoms with E-state index >= 15 is 0 Å². The topological polar surface area (TPSA) is 130 Å². The minimum Gasteiger partial charge on any atom is -0.482 e. The molecule has 1 aromatic carbocycles. The molecule has 1 amide bonds. The minimum absolute atomic E-state index is 0.0617. The number of anilines is 1. The maximum absolute atomic E-state index is 13.5. The van der Waals surface area contributed by atoms with Crippen LogP contribution in [0.2, 0.25) is 0 Å². The van der Waals surface area contributed by atoms with Gasteiger partial charge in [0.1, 0.15) is 5.75 Å². The molecule has 2 fully saturated rings. The van der Waals surface area contributed by atoms with E-state index in [-0.39, 0.29) is 35.2 Å². The lowest BCUT2D eigenvalue weighted by atomic mass is 10.0. The van der Waals surface area contributed by atoms with E-state index in [1.165, 1.54) is 6.07 Å². The van der Waals surface area contributed by atoms with E-state index in [9.17, 15) is 18.0 Å². The first-order chi connectivity index (χ1) is 17.9. The van der Waals surface area contributed by atoms with E-state index in [0.717, 1.165) is 62.8 Å². The van der Waals surface area contributed by atoms with Gasteiger partial charge in [-0.15, -0.1) is 0 Å². The SMILES string of the molecule is O=C1COc2ccc(S(=O)(=O)N3CCC[C@@H]3CCN3CCC(n4c(=O)[nH]c5cnccc54)CC3)cc2N1. The Morgan fingerprint density at radius 1 is 1.08 bits per heavy atom. The fourth-order valence-corrected chi connectivity index (χ4v) is 7.60. The summed E-state index contributed by atoms with van der Waals surface area (Å²) in [4.78, 5) is 33.7. The van der Waals surface area contributed by atoms with E-state index < -0.39 is 10.0 Å². The molecule has 0 unspecified atom stereocenters. The summed E-state index contributed by atoms with van der Waals surface area (Å²) in [5.41, 5.74) is 1.94. The summed E-state index contributed by atoms with van der Waals surface area (Å²) < 4.78 is 35.8. The van der Waals surface area contributed by atoms with Gasteiger partial charge in [-0.25, -0.2) is 13.2 Å². The molecular weight excluding hydrogens is 496 g/mol. The number of likely N-dealkylation sites (tertiary alicyclic amines) is 1. The lowest BCUT2D eigenvalue weighted by Crippen LogP contribution is -2.41. The molecule has 196 valence electrons. The molecule has 0 radical (unpaired) electrons. The molecule has 3 aliphatic rings. The summed E-state index contributed by atoms with van der Waals surface area (Å²) in [5, 5.41) is 2.69. The van der Waals surface area contributed by atoms with Crippen LogP contribution in [0.4, 0.5) is 5.69 Å². The van der Waals surface area contributed by atoms with Gasteiger partial charge in [0.15, 0.2) is 6.61 Å². The van der Waals surface area contributed by atoms with Gasteiger partial charge in [-0.3, -0.25) is 14.3 Å². The van der Waals surface area contributed by atoms with Gasteiger partial charge in [-0.1, -0.05) is 0 Å². The summed E-state index contributed by atoms with van der Waals surface area (Å²) in [6.45, 7) is 2.95. The standard InChI is InChI=1S/C25H30N6O5S/c32-24-16-36-23-4-3-19(14-20(23)27-24)37(34,35)30-10-1-2-17(30)6-11-29-12-7-18(8-13-29)31-22-5-9-26-15-21(22)28-25(31)33/h3-5,9,14-15,17-18H,1-2,6-8,10-13,16H2,(H,27,32)(H,28,33)/t17-/m1/s1. The molecule has 3 aliphatic heterocycles. The number of sulfonamides is 1. The highest BCUT2D eigenvalue weighted by Crippen LogP contribution is 2.34. The number of nitrogens with one attached hydrogen (secondary N) is 2. The number of H-pyrrole nitrogens is 1. The van der Waals surface area contributed by atoms with Gasteiger partial charge in [0.05, 0.1) is 27.8 Å². The summed E-state index contributed by atoms with van der Waals surface area (Å²) >= 11 is 0. The fraction of sp³-hybridized carbons (Fsp3) is 0.480. The molecule has 37 heavy (non-hydrogen) atoms. The molecule has 11 nitrogen and oxygen atoms in total. The largest absolute Gasteiger partial charge is 0.482 e. The van der Waals surface area contributed by atoms with Crippen LogP contribution in [-0.2, 0) is 14.8 Å². The fourth-order valence-electron chi connectivity index (χ4n) is 5.85. The molecule has 2 saturated heterocycles. The van der Waals surface area contributed by atoms with Crippen molar-refractivity contribution in [2.75, 3.05) is 38.1 Å². The van der Waals surface area contributed by atoms with Crippen LogP contribution in [0, 0.1) is 0 Å². The van der Waals surface area contributed by atoms with Crippen molar-refractivity contribution >= 4 is 32.7 Å².